The molecule has 1 fully saturated rings. The lowest BCUT2D eigenvalue weighted by Crippen LogP contribution is -2.16. The third kappa shape index (κ3) is 2.23. The molecule has 1 saturated heterocycles. The lowest BCUT2D eigenvalue weighted by molar-refractivity contribution is 0.408. The van der Waals surface area contributed by atoms with Gasteiger partial charge in [0, 0.05) is 11.6 Å². The van der Waals surface area contributed by atoms with E-state index in [0.717, 1.165) is 36.6 Å². The van der Waals surface area contributed by atoms with E-state index in [0.29, 0.717) is 6.04 Å². The van der Waals surface area contributed by atoms with E-state index in [9.17, 15) is 0 Å². The molecular weight excluding hydrogens is 234 g/mol. The molecule has 17 heavy (non-hydrogen) atoms. The van der Waals surface area contributed by atoms with Gasteiger partial charge in [-0.25, -0.2) is 9.67 Å². The van der Waals surface area contributed by atoms with E-state index < -0.39 is 0 Å². The Hall–Kier alpha value is -1.27. The van der Waals surface area contributed by atoms with E-state index in [1.807, 2.05) is 22.5 Å². The maximum Gasteiger partial charge on any atom is 0.143 e. The molecule has 3 rings (SSSR count). The molecule has 1 atom stereocenters. The highest BCUT2D eigenvalue weighted by molar-refractivity contribution is 7.13. The highest BCUT2D eigenvalue weighted by Gasteiger charge is 2.19. The number of rotatable bonds is 2. The normalized spacial score (nSPS) is 21.3. The first-order valence-corrected chi connectivity index (χ1v) is 6.84. The largest absolute Gasteiger partial charge is 0.317 e. The van der Waals surface area contributed by atoms with Gasteiger partial charge in [0.15, 0.2) is 0 Å². The second kappa shape index (κ2) is 4.93. The summed E-state index contributed by atoms with van der Waals surface area (Å²) in [5, 5.41) is 14.7. The van der Waals surface area contributed by atoms with Crippen LogP contribution in [0.2, 0.25) is 0 Å². The molecule has 0 aromatic carbocycles. The Balaban J connectivity index is 1.90. The minimum atomic E-state index is 0.450. The minimum Gasteiger partial charge on any atom is -0.317 e. The minimum absolute atomic E-state index is 0.450. The first-order chi connectivity index (χ1) is 8.45. The van der Waals surface area contributed by atoms with Crippen molar-refractivity contribution in [3.63, 3.8) is 0 Å². The molecule has 1 unspecified atom stereocenters. The number of nitrogens with one attached hydrogen (secondary N) is 1. The van der Waals surface area contributed by atoms with Crippen molar-refractivity contribution in [1.82, 2.24) is 25.3 Å². The van der Waals surface area contributed by atoms with E-state index in [1.54, 1.807) is 11.3 Å². The molecule has 0 bridgehead atoms. The van der Waals surface area contributed by atoms with Gasteiger partial charge >= 0.3 is 0 Å². The molecule has 1 aliphatic rings. The molecular formula is C11H15N5S. The van der Waals surface area contributed by atoms with Crippen LogP contribution < -0.4 is 5.32 Å². The lowest BCUT2D eigenvalue weighted by Gasteiger charge is -2.15. The highest BCUT2D eigenvalue weighted by Crippen LogP contribution is 2.27. The zero-order chi connectivity index (χ0) is 11.5. The molecule has 0 saturated carbocycles. The van der Waals surface area contributed by atoms with Gasteiger partial charge in [0.05, 0.1) is 12.2 Å². The van der Waals surface area contributed by atoms with Crippen molar-refractivity contribution in [2.45, 2.75) is 25.3 Å². The van der Waals surface area contributed by atoms with Gasteiger partial charge in [-0.1, -0.05) is 5.21 Å². The summed E-state index contributed by atoms with van der Waals surface area (Å²) in [6.07, 6.45) is 7.11. The quantitative estimate of drug-likeness (QED) is 0.880. The third-order valence-corrected chi connectivity index (χ3v) is 3.91. The summed E-state index contributed by atoms with van der Waals surface area (Å²) in [5.74, 6) is 0. The first kappa shape index (κ1) is 10.9. The predicted molar refractivity (Wildman–Crippen MR) is 66.9 cm³/mol. The molecule has 2 aromatic rings. The summed E-state index contributed by atoms with van der Waals surface area (Å²) in [5.41, 5.74) is 1.05. The maximum absolute atomic E-state index is 4.34. The first-order valence-electron chi connectivity index (χ1n) is 5.96. The average molecular weight is 249 g/mol. The van der Waals surface area contributed by atoms with E-state index >= 15 is 0 Å². The molecule has 5 nitrogen and oxygen atoms in total. The van der Waals surface area contributed by atoms with E-state index in [2.05, 4.69) is 20.6 Å². The summed E-state index contributed by atoms with van der Waals surface area (Å²) in [7, 11) is 0. The standard InChI is InChI=1S/C11H15N5S/c1-2-9(3-5-12-4-1)16-10(8-14-15-16)11-13-6-7-17-11/h6-9,12H,1-5H2. The second-order valence-electron chi connectivity index (χ2n) is 4.24. The number of nitrogens with zero attached hydrogens (tertiary/aromatic N) is 4. The van der Waals surface area contributed by atoms with Gasteiger partial charge in [-0.2, -0.15) is 0 Å². The SMILES string of the molecule is c1csc(-c2cnnn2C2CCCNCC2)n1. The van der Waals surface area contributed by atoms with Crippen LogP contribution in [0.25, 0.3) is 10.7 Å². The molecule has 90 valence electrons. The van der Waals surface area contributed by atoms with Gasteiger partial charge in [0.2, 0.25) is 0 Å². The van der Waals surface area contributed by atoms with E-state index in [-0.39, 0.29) is 0 Å². The molecule has 0 spiro atoms. The fourth-order valence-electron chi connectivity index (χ4n) is 2.26. The monoisotopic (exact) mass is 249 g/mol. The zero-order valence-electron chi connectivity index (χ0n) is 9.54. The topological polar surface area (TPSA) is 55.6 Å². The Labute approximate surface area is 104 Å². The number of hydrogen-bond donors (Lipinski definition) is 1. The van der Waals surface area contributed by atoms with Gasteiger partial charge in [0.1, 0.15) is 10.7 Å². The fraction of sp³-hybridized carbons (Fsp3) is 0.545. The fourth-order valence-corrected chi connectivity index (χ4v) is 2.90. The summed E-state index contributed by atoms with van der Waals surface area (Å²) in [4.78, 5) is 4.34. The second-order valence-corrected chi connectivity index (χ2v) is 5.13. The Morgan fingerprint density at radius 3 is 3.24 bits per heavy atom. The van der Waals surface area contributed by atoms with Gasteiger partial charge in [-0.05, 0) is 32.4 Å². The van der Waals surface area contributed by atoms with Crippen molar-refractivity contribution in [2.24, 2.45) is 0 Å². The van der Waals surface area contributed by atoms with Crippen molar-refractivity contribution < 1.29 is 0 Å². The molecule has 0 radical (unpaired) electrons. The summed E-state index contributed by atoms with van der Waals surface area (Å²) in [6.45, 7) is 2.17. The van der Waals surface area contributed by atoms with Crippen molar-refractivity contribution >= 4 is 11.3 Å². The molecule has 1 N–H and O–H groups in total. The van der Waals surface area contributed by atoms with Crippen LogP contribution in [0.5, 0.6) is 0 Å². The van der Waals surface area contributed by atoms with Crippen LogP contribution in [-0.4, -0.2) is 33.1 Å². The lowest BCUT2D eigenvalue weighted by atomic mass is 10.1. The van der Waals surface area contributed by atoms with Crippen LogP contribution in [-0.2, 0) is 0 Å². The van der Waals surface area contributed by atoms with Gasteiger partial charge in [0.25, 0.3) is 0 Å². The van der Waals surface area contributed by atoms with Crippen LogP contribution in [0.3, 0.4) is 0 Å². The highest BCUT2D eigenvalue weighted by atomic mass is 32.1. The molecule has 0 amide bonds. The Kier molecular flexibility index (Phi) is 3.15. The average Bonchev–Trinajstić information content (AvgIpc) is 2.95. The number of hydrogen-bond acceptors (Lipinski definition) is 5. The van der Waals surface area contributed by atoms with Gasteiger partial charge in [-0.3, -0.25) is 0 Å². The van der Waals surface area contributed by atoms with Crippen LogP contribution >= 0.6 is 11.3 Å². The van der Waals surface area contributed by atoms with Gasteiger partial charge in [-0.15, -0.1) is 16.4 Å². The Bertz CT molecular complexity index is 456. The summed E-state index contributed by atoms with van der Waals surface area (Å²) < 4.78 is 2.05. The van der Waals surface area contributed by atoms with E-state index in [4.69, 9.17) is 0 Å². The van der Waals surface area contributed by atoms with Crippen LogP contribution in [0.4, 0.5) is 0 Å². The molecule has 0 aliphatic carbocycles. The molecule has 2 aromatic heterocycles. The molecule has 6 heteroatoms. The predicted octanol–water partition coefficient (Wildman–Crippen LogP) is 1.72. The summed E-state index contributed by atoms with van der Waals surface area (Å²) in [6, 6.07) is 0.450. The van der Waals surface area contributed by atoms with Crippen LogP contribution in [0, 0.1) is 0 Å². The van der Waals surface area contributed by atoms with Crippen molar-refractivity contribution in [3.05, 3.63) is 17.8 Å². The maximum atomic E-state index is 4.34. The van der Waals surface area contributed by atoms with Gasteiger partial charge < -0.3 is 5.32 Å². The Morgan fingerprint density at radius 1 is 1.35 bits per heavy atom. The molecule has 1 aliphatic heterocycles. The van der Waals surface area contributed by atoms with Crippen molar-refractivity contribution in [2.75, 3.05) is 13.1 Å². The molecule has 3 heterocycles. The van der Waals surface area contributed by atoms with Crippen molar-refractivity contribution in [1.29, 1.82) is 0 Å². The van der Waals surface area contributed by atoms with Crippen LogP contribution in [0.1, 0.15) is 25.3 Å². The summed E-state index contributed by atoms with van der Waals surface area (Å²) >= 11 is 1.64. The Morgan fingerprint density at radius 2 is 2.35 bits per heavy atom. The van der Waals surface area contributed by atoms with Crippen molar-refractivity contribution in [3.8, 4) is 10.7 Å². The van der Waals surface area contributed by atoms with E-state index in [1.165, 1.54) is 6.42 Å². The van der Waals surface area contributed by atoms with Crippen LogP contribution in [0.15, 0.2) is 17.8 Å². The number of thiazole rings is 1. The number of aromatic nitrogens is 4. The third-order valence-electron chi connectivity index (χ3n) is 3.12. The smallest absolute Gasteiger partial charge is 0.143 e. The zero-order valence-corrected chi connectivity index (χ0v) is 10.4.